The van der Waals surface area contributed by atoms with E-state index in [1.807, 2.05) is 32.9 Å². The molecule has 0 spiro atoms. The molecule has 1 saturated heterocycles. The molecule has 2 amide bonds. The van der Waals surface area contributed by atoms with Gasteiger partial charge < -0.3 is 4.90 Å². The normalized spacial score (nSPS) is 18.0. The molecule has 0 aromatic heterocycles. The molecule has 2 aromatic carbocycles. The molecule has 4 rings (SSSR count). The zero-order valence-electron chi connectivity index (χ0n) is 18.0. The summed E-state index contributed by atoms with van der Waals surface area (Å²) >= 11 is 6.31. The number of likely N-dealkylation sites (tertiary alicyclic amines) is 1. The Balaban J connectivity index is 1.87. The fraction of sp³-hybridized carbons (Fsp3) is 0.360. The first kappa shape index (κ1) is 20.7. The summed E-state index contributed by atoms with van der Waals surface area (Å²) in [7, 11) is 0. The van der Waals surface area contributed by atoms with E-state index in [1.165, 1.54) is 4.90 Å². The lowest BCUT2D eigenvalue weighted by atomic mass is 9.95. The first-order valence-corrected chi connectivity index (χ1v) is 10.9. The van der Waals surface area contributed by atoms with Crippen LogP contribution >= 0.6 is 11.6 Å². The van der Waals surface area contributed by atoms with Crippen molar-refractivity contribution in [3.8, 4) is 0 Å². The van der Waals surface area contributed by atoms with Gasteiger partial charge in [0.1, 0.15) is 5.70 Å². The number of anilines is 1. The molecular formula is C25H27ClN2O2. The predicted octanol–water partition coefficient (Wildman–Crippen LogP) is 5.28. The molecule has 4 nitrogen and oxygen atoms in total. The van der Waals surface area contributed by atoms with Crippen molar-refractivity contribution in [3.63, 3.8) is 0 Å². The van der Waals surface area contributed by atoms with Gasteiger partial charge in [0.15, 0.2) is 0 Å². The molecule has 2 aromatic rings. The molecule has 1 fully saturated rings. The lowest BCUT2D eigenvalue weighted by Crippen LogP contribution is -2.38. The summed E-state index contributed by atoms with van der Waals surface area (Å²) < 4.78 is 0. The Morgan fingerprint density at radius 3 is 2.33 bits per heavy atom. The summed E-state index contributed by atoms with van der Waals surface area (Å²) in [6.45, 7) is 9.67. The minimum absolute atomic E-state index is 0.255. The number of halogens is 1. The monoisotopic (exact) mass is 422 g/mol. The van der Waals surface area contributed by atoms with Crippen LogP contribution < -0.4 is 4.90 Å². The van der Waals surface area contributed by atoms with Crippen LogP contribution in [0, 0.1) is 26.7 Å². The van der Waals surface area contributed by atoms with Gasteiger partial charge in [-0.1, -0.05) is 48.4 Å². The van der Waals surface area contributed by atoms with Gasteiger partial charge in [0.25, 0.3) is 11.8 Å². The van der Waals surface area contributed by atoms with Crippen molar-refractivity contribution in [1.29, 1.82) is 0 Å². The third-order valence-corrected chi connectivity index (χ3v) is 6.70. The molecule has 0 aliphatic carbocycles. The molecule has 2 aliphatic rings. The van der Waals surface area contributed by atoms with Gasteiger partial charge >= 0.3 is 0 Å². The van der Waals surface area contributed by atoms with Gasteiger partial charge in [-0.15, -0.1) is 0 Å². The van der Waals surface area contributed by atoms with E-state index in [9.17, 15) is 9.59 Å². The minimum atomic E-state index is -0.272. The van der Waals surface area contributed by atoms with Gasteiger partial charge in [0, 0.05) is 18.1 Å². The number of benzene rings is 2. The van der Waals surface area contributed by atoms with E-state index in [4.69, 9.17) is 11.6 Å². The molecule has 156 valence electrons. The van der Waals surface area contributed by atoms with Gasteiger partial charge in [-0.2, -0.15) is 0 Å². The predicted molar refractivity (Wildman–Crippen MR) is 121 cm³/mol. The second-order valence-electron chi connectivity index (χ2n) is 8.54. The standard InChI is InChI=1S/C25H27ClN2O2/c1-15-10-12-27(13-11-15)23-22(19-9-8-16(2)14-17(19)3)24(29)28(25(23)30)21-7-5-6-20(26)18(21)4/h5-9,14-15H,10-13H2,1-4H3. The van der Waals surface area contributed by atoms with Crippen molar-refractivity contribution in [2.45, 2.75) is 40.5 Å². The number of piperidine rings is 1. The van der Waals surface area contributed by atoms with E-state index < -0.39 is 0 Å². The number of hydrogen-bond donors (Lipinski definition) is 0. The summed E-state index contributed by atoms with van der Waals surface area (Å²) in [6.07, 6.45) is 2.03. The Morgan fingerprint density at radius 1 is 0.967 bits per heavy atom. The Labute approximate surface area is 183 Å². The minimum Gasteiger partial charge on any atom is -0.366 e. The largest absolute Gasteiger partial charge is 0.366 e. The highest BCUT2D eigenvalue weighted by Crippen LogP contribution is 2.39. The molecule has 0 bridgehead atoms. The van der Waals surface area contributed by atoms with Crippen LogP contribution in [0.15, 0.2) is 42.1 Å². The molecule has 30 heavy (non-hydrogen) atoms. The molecule has 0 saturated carbocycles. The van der Waals surface area contributed by atoms with Crippen LogP contribution in [0.4, 0.5) is 5.69 Å². The van der Waals surface area contributed by atoms with E-state index in [0.29, 0.717) is 27.9 Å². The van der Waals surface area contributed by atoms with Crippen molar-refractivity contribution >= 4 is 34.7 Å². The molecule has 2 heterocycles. The number of rotatable bonds is 3. The topological polar surface area (TPSA) is 40.6 Å². The maximum Gasteiger partial charge on any atom is 0.282 e. The number of nitrogens with zero attached hydrogens (tertiary/aromatic N) is 2. The van der Waals surface area contributed by atoms with E-state index in [0.717, 1.165) is 48.2 Å². The highest BCUT2D eigenvalue weighted by molar-refractivity contribution is 6.46. The molecule has 5 heteroatoms. The van der Waals surface area contributed by atoms with E-state index in [2.05, 4.69) is 17.9 Å². The maximum absolute atomic E-state index is 13.7. The number of hydrogen-bond acceptors (Lipinski definition) is 3. The van der Waals surface area contributed by atoms with Gasteiger partial charge in [0.05, 0.1) is 11.3 Å². The summed E-state index contributed by atoms with van der Waals surface area (Å²) in [4.78, 5) is 30.8. The van der Waals surface area contributed by atoms with Crippen LogP contribution in [0.2, 0.25) is 5.02 Å². The number of aryl methyl sites for hydroxylation is 2. The zero-order valence-corrected chi connectivity index (χ0v) is 18.7. The number of amides is 2. The maximum atomic E-state index is 13.7. The van der Waals surface area contributed by atoms with Crippen LogP contribution in [0.5, 0.6) is 0 Å². The van der Waals surface area contributed by atoms with E-state index in [-0.39, 0.29) is 11.8 Å². The molecular weight excluding hydrogens is 396 g/mol. The summed E-state index contributed by atoms with van der Waals surface area (Å²) in [5, 5.41) is 0.543. The Morgan fingerprint density at radius 2 is 1.67 bits per heavy atom. The van der Waals surface area contributed by atoms with Crippen molar-refractivity contribution in [2.75, 3.05) is 18.0 Å². The second kappa shape index (κ2) is 7.92. The van der Waals surface area contributed by atoms with Gasteiger partial charge in [-0.3, -0.25) is 9.59 Å². The highest BCUT2D eigenvalue weighted by atomic mass is 35.5. The Bertz CT molecular complexity index is 1060. The number of imide groups is 1. The molecule has 0 radical (unpaired) electrons. The van der Waals surface area contributed by atoms with Crippen molar-refractivity contribution < 1.29 is 9.59 Å². The van der Waals surface area contributed by atoms with Gasteiger partial charge in [-0.25, -0.2) is 4.90 Å². The molecule has 0 unspecified atom stereocenters. The van der Waals surface area contributed by atoms with E-state index in [1.54, 1.807) is 18.2 Å². The summed E-state index contributed by atoms with van der Waals surface area (Å²) in [5.41, 5.74) is 5.28. The SMILES string of the molecule is Cc1ccc(C2=C(N3CCC(C)CC3)C(=O)N(c3cccc(Cl)c3C)C2=O)c(C)c1. The Hall–Kier alpha value is -2.59. The third kappa shape index (κ3) is 3.43. The zero-order chi connectivity index (χ0) is 21.6. The fourth-order valence-corrected chi connectivity index (χ4v) is 4.61. The van der Waals surface area contributed by atoms with Crippen LogP contribution in [-0.4, -0.2) is 29.8 Å². The average molecular weight is 423 g/mol. The first-order chi connectivity index (χ1) is 14.3. The van der Waals surface area contributed by atoms with Crippen LogP contribution in [0.3, 0.4) is 0 Å². The lowest BCUT2D eigenvalue weighted by molar-refractivity contribution is -0.120. The fourth-order valence-electron chi connectivity index (χ4n) is 4.44. The van der Waals surface area contributed by atoms with E-state index >= 15 is 0 Å². The number of carbonyl (C=O) groups excluding carboxylic acids is 2. The van der Waals surface area contributed by atoms with Crippen molar-refractivity contribution in [1.82, 2.24) is 4.90 Å². The van der Waals surface area contributed by atoms with Crippen LogP contribution in [-0.2, 0) is 9.59 Å². The molecule has 0 N–H and O–H groups in total. The quantitative estimate of drug-likeness (QED) is 0.631. The summed E-state index contributed by atoms with van der Waals surface area (Å²) in [6, 6.07) is 11.4. The molecule has 2 aliphatic heterocycles. The first-order valence-electron chi connectivity index (χ1n) is 10.5. The summed E-state index contributed by atoms with van der Waals surface area (Å²) in [5.74, 6) is 0.103. The highest BCUT2D eigenvalue weighted by Gasteiger charge is 2.43. The van der Waals surface area contributed by atoms with Gasteiger partial charge in [-0.05, 0) is 68.4 Å². The van der Waals surface area contributed by atoms with Crippen molar-refractivity contribution in [3.05, 3.63) is 69.4 Å². The third-order valence-electron chi connectivity index (χ3n) is 6.29. The molecule has 0 atom stereocenters. The lowest BCUT2D eigenvalue weighted by Gasteiger charge is -2.33. The second-order valence-corrected chi connectivity index (χ2v) is 8.95. The van der Waals surface area contributed by atoms with Crippen LogP contribution in [0.25, 0.3) is 5.57 Å². The number of carbonyl (C=O) groups is 2. The van der Waals surface area contributed by atoms with Crippen LogP contribution in [0.1, 0.15) is 42.0 Å². The average Bonchev–Trinajstić information content (AvgIpc) is 2.95. The van der Waals surface area contributed by atoms with Crippen molar-refractivity contribution in [2.24, 2.45) is 5.92 Å². The Kier molecular flexibility index (Phi) is 5.46. The smallest absolute Gasteiger partial charge is 0.282 e. The van der Waals surface area contributed by atoms with Gasteiger partial charge in [0.2, 0.25) is 0 Å².